The molecule has 0 radical (unpaired) electrons. The Labute approximate surface area is 186 Å². The van der Waals surface area contributed by atoms with Crippen LogP contribution in [0.25, 0.3) is 0 Å². The molecule has 1 aromatic rings. The molecule has 2 aliphatic rings. The van der Waals surface area contributed by atoms with Crippen LogP contribution in [-0.2, 0) is 4.74 Å². The normalized spacial score (nSPS) is 20.4. The molecule has 3 rings (SSSR count). The number of ether oxygens (including phenoxy) is 1. The number of aromatic nitrogens is 1. The predicted octanol–water partition coefficient (Wildman–Crippen LogP) is 1.80. The van der Waals surface area contributed by atoms with Gasteiger partial charge in [0.1, 0.15) is 5.82 Å². The zero-order valence-electron chi connectivity index (χ0n) is 17.1. The molecule has 0 aliphatic carbocycles. The predicted molar refractivity (Wildman–Crippen MR) is 126 cm³/mol. The highest BCUT2D eigenvalue weighted by molar-refractivity contribution is 14.0. The number of anilines is 1. The highest BCUT2D eigenvalue weighted by Gasteiger charge is 2.21. The molecule has 1 unspecified atom stereocenters. The standard InChI is InChI=1S/C20H34N6O.HI/c1-17(16-25-11-13-27-14-12-25)15-23-20(21-2)24-18-6-9-26(10-7-18)19-5-3-4-8-22-19;/h3-5,8,17-18H,6-7,9-16H2,1-2H3,(H2,21,23,24);1H. The van der Waals surface area contributed by atoms with E-state index in [1.807, 2.05) is 19.3 Å². The van der Waals surface area contributed by atoms with E-state index < -0.39 is 0 Å². The molecule has 2 fully saturated rings. The molecule has 0 aromatic carbocycles. The second-order valence-corrected chi connectivity index (χ2v) is 7.56. The number of rotatable bonds is 6. The summed E-state index contributed by atoms with van der Waals surface area (Å²) in [4.78, 5) is 13.7. The maximum atomic E-state index is 5.42. The van der Waals surface area contributed by atoms with Crippen LogP contribution < -0.4 is 15.5 Å². The van der Waals surface area contributed by atoms with E-state index in [0.717, 1.165) is 77.1 Å². The lowest BCUT2D eigenvalue weighted by molar-refractivity contribution is 0.0320. The molecule has 1 atom stereocenters. The van der Waals surface area contributed by atoms with Crippen molar-refractivity contribution >= 4 is 35.8 Å². The van der Waals surface area contributed by atoms with Gasteiger partial charge in [0.2, 0.25) is 0 Å². The van der Waals surface area contributed by atoms with Crippen LogP contribution in [0.2, 0.25) is 0 Å². The number of piperidine rings is 1. The third kappa shape index (κ3) is 7.36. The van der Waals surface area contributed by atoms with Crippen LogP contribution in [0.1, 0.15) is 19.8 Å². The van der Waals surface area contributed by atoms with Crippen molar-refractivity contribution in [2.24, 2.45) is 10.9 Å². The summed E-state index contributed by atoms with van der Waals surface area (Å²) in [6, 6.07) is 6.57. The number of hydrogen-bond donors (Lipinski definition) is 2. The van der Waals surface area contributed by atoms with Crippen LogP contribution >= 0.6 is 24.0 Å². The van der Waals surface area contributed by atoms with Crippen LogP contribution in [-0.4, -0.2) is 81.4 Å². The van der Waals surface area contributed by atoms with E-state index in [1.54, 1.807) is 0 Å². The van der Waals surface area contributed by atoms with E-state index in [2.05, 4.69) is 49.5 Å². The summed E-state index contributed by atoms with van der Waals surface area (Å²) in [5.74, 6) is 2.57. The van der Waals surface area contributed by atoms with Gasteiger partial charge in [0.05, 0.1) is 13.2 Å². The zero-order valence-corrected chi connectivity index (χ0v) is 19.5. The molecule has 2 saturated heterocycles. The van der Waals surface area contributed by atoms with Crippen LogP contribution in [0.15, 0.2) is 29.4 Å². The molecule has 8 heteroatoms. The quantitative estimate of drug-likeness (QED) is 0.352. The van der Waals surface area contributed by atoms with Gasteiger partial charge in [0.15, 0.2) is 5.96 Å². The van der Waals surface area contributed by atoms with Crippen molar-refractivity contribution in [1.82, 2.24) is 20.5 Å². The molecular formula is C20H35IN6O. The van der Waals surface area contributed by atoms with Crippen molar-refractivity contribution in [2.75, 3.05) is 64.4 Å². The number of nitrogens with zero attached hydrogens (tertiary/aromatic N) is 4. The molecule has 3 heterocycles. The third-order valence-electron chi connectivity index (χ3n) is 5.32. The summed E-state index contributed by atoms with van der Waals surface area (Å²) in [6.45, 7) is 10.2. The molecular weight excluding hydrogens is 467 g/mol. The number of aliphatic imine (C=N–C) groups is 1. The number of guanidine groups is 1. The van der Waals surface area contributed by atoms with Crippen LogP contribution in [0, 0.1) is 5.92 Å². The molecule has 0 amide bonds. The fraction of sp³-hybridized carbons (Fsp3) is 0.700. The summed E-state index contributed by atoms with van der Waals surface area (Å²) >= 11 is 0. The Morgan fingerprint density at radius 2 is 2.00 bits per heavy atom. The van der Waals surface area contributed by atoms with Gasteiger partial charge in [0, 0.05) is 58.6 Å². The van der Waals surface area contributed by atoms with E-state index in [0.29, 0.717) is 12.0 Å². The van der Waals surface area contributed by atoms with Crippen LogP contribution in [0.4, 0.5) is 5.82 Å². The molecule has 0 spiro atoms. The molecule has 7 nitrogen and oxygen atoms in total. The van der Waals surface area contributed by atoms with Crippen LogP contribution in [0.3, 0.4) is 0 Å². The Morgan fingerprint density at radius 1 is 1.25 bits per heavy atom. The molecule has 28 heavy (non-hydrogen) atoms. The highest BCUT2D eigenvalue weighted by Crippen LogP contribution is 2.17. The van der Waals surface area contributed by atoms with Gasteiger partial charge < -0.3 is 20.3 Å². The molecule has 2 N–H and O–H groups in total. The minimum atomic E-state index is 0. The van der Waals surface area contributed by atoms with Crippen molar-refractivity contribution in [3.63, 3.8) is 0 Å². The van der Waals surface area contributed by atoms with Gasteiger partial charge in [-0.2, -0.15) is 0 Å². The van der Waals surface area contributed by atoms with Crippen molar-refractivity contribution < 1.29 is 4.74 Å². The minimum Gasteiger partial charge on any atom is -0.379 e. The first-order valence-corrected chi connectivity index (χ1v) is 10.2. The van der Waals surface area contributed by atoms with Crippen molar-refractivity contribution in [3.05, 3.63) is 24.4 Å². The van der Waals surface area contributed by atoms with Crippen molar-refractivity contribution in [3.8, 4) is 0 Å². The third-order valence-corrected chi connectivity index (χ3v) is 5.32. The SMILES string of the molecule is CN=C(NCC(C)CN1CCOCC1)NC1CCN(c2ccccn2)CC1.I. The topological polar surface area (TPSA) is 65.0 Å². The minimum absolute atomic E-state index is 0. The van der Waals surface area contributed by atoms with Gasteiger partial charge in [-0.15, -0.1) is 24.0 Å². The maximum Gasteiger partial charge on any atom is 0.191 e. The first kappa shape index (κ1) is 23.2. The average Bonchev–Trinajstić information content (AvgIpc) is 2.73. The van der Waals surface area contributed by atoms with E-state index >= 15 is 0 Å². The molecule has 0 saturated carbocycles. The molecule has 0 bridgehead atoms. The first-order chi connectivity index (χ1) is 13.2. The van der Waals surface area contributed by atoms with Gasteiger partial charge >= 0.3 is 0 Å². The highest BCUT2D eigenvalue weighted by atomic mass is 127. The molecule has 1 aromatic heterocycles. The van der Waals surface area contributed by atoms with E-state index in [1.165, 1.54) is 0 Å². The van der Waals surface area contributed by atoms with Gasteiger partial charge in [-0.1, -0.05) is 13.0 Å². The van der Waals surface area contributed by atoms with Gasteiger partial charge in [-0.3, -0.25) is 9.89 Å². The van der Waals surface area contributed by atoms with E-state index in [-0.39, 0.29) is 24.0 Å². The smallest absolute Gasteiger partial charge is 0.191 e. The maximum absolute atomic E-state index is 5.42. The largest absolute Gasteiger partial charge is 0.379 e. The van der Waals surface area contributed by atoms with E-state index in [9.17, 15) is 0 Å². The van der Waals surface area contributed by atoms with Gasteiger partial charge in [-0.25, -0.2) is 4.98 Å². The van der Waals surface area contributed by atoms with Crippen LogP contribution in [0.5, 0.6) is 0 Å². The monoisotopic (exact) mass is 502 g/mol. The summed E-state index contributed by atoms with van der Waals surface area (Å²) < 4.78 is 5.42. The second kappa shape index (κ2) is 12.4. The zero-order chi connectivity index (χ0) is 18.9. The number of pyridine rings is 1. The fourth-order valence-corrected chi connectivity index (χ4v) is 3.74. The number of hydrogen-bond acceptors (Lipinski definition) is 5. The molecule has 2 aliphatic heterocycles. The number of nitrogens with one attached hydrogen (secondary N) is 2. The summed E-state index contributed by atoms with van der Waals surface area (Å²) in [6.07, 6.45) is 4.06. The Balaban J connectivity index is 0.00000280. The lowest BCUT2D eigenvalue weighted by atomic mass is 10.1. The number of morpholine rings is 1. The lowest BCUT2D eigenvalue weighted by Crippen LogP contribution is -2.50. The Hall–Kier alpha value is -1.13. The summed E-state index contributed by atoms with van der Waals surface area (Å²) in [5, 5.41) is 7.10. The summed E-state index contributed by atoms with van der Waals surface area (Å²) in [5.41, 5.74) is 0. The Kier molecular flexibility index (Phi) is 10.3. The average molecular weight is 502 g/mol. The summed E-state index contributed by atoms with van der Waals surface area (Å²) in [7, 11) is 1.85. The Bertz CT molecular complexity index is 573. The van der Waals surface area contributed by atoms with Crippen molar-refractivity contribution in [2.45, 2.75) is 25.8 Å². The fourth-order valence-electron chi connectivity index (χ4n) is 3.74. The second-order valence-electron chi connectivity index (χ2n) is 7.56. The lowest BCUT2D eigenvalue weighted by Gasteiger charge is -2.34. The van der Waals surface area contributed by atoms with Crippen molar-refractivity contribution in [1.29, 1.82) is 0 Å². The van der Waals surface area contributed by atoms with Gasteiger partial charge in [0.25, 0.3) is 0 Å². The first-order valence-electron chi connectivity index (χ1n) is 10.2. The van der Waals surface area contributed by atoms with Gasteiger partial charge in [-0.05, 0) is 30.9 Å². The Morgan fingerprint density at radius 3 is 2.64 bits per heavy atom. The number of halogens is 1. The molecule has 158 valence electrons. The van der Waals surface area contributed by atoms with E-state index in [4.69, 9.17) is 4.74 Å².